The van der Waals surface area contributed by atoms with Gasteiger partial charge in [0.25, 0.3) is 0 Å². The van der Waals surface area contributed by atoms with Gasteiger partial charge in [0.15, 0.2) is 11.5 Å². The molecule has 4 nitrogen and oxygen atoms in total. The van der Waals surface area contributed by atoms with E-state index in [2.05, 4.69) is 30.9 Å². The van der Waals surface area contributed by atoms with Gasteiger partial charge in [-0.15, -0.1) is 6.58 Å². The Morgan fingerprint density at radius 2 is 1.67 bits per heavy atom. The van der Waals surface area contributed by atoms with Crippen molar-refractivity contribution in [1.82, 2.24) is 0 Å². The maximum atomic E-state index is 12.2. The normalized spacial score (nSPS) is 15.1. The molecule has 0 aromatic carbocycles. The third kappa shape index (κ3) is 8.72. The zero-order valence-electron chi connectivity index (χ0n) is 16.4. The first-order chi connectivity index (χ1) is 13.1. The van der Waals surface area contributed by atoms with Crippen LogP contribution in [0.1, 0.15) is 64.7 Å². The van der Waals surface area contributed by atoms with E-state index < -0.39 is 11.5 Å². The molecule has 0 aliphatic heterocycles. The van der Waals surface area contributed by atoms with E-state index in [0.717, 1.165) is 57.4 Å². The van der Waals surface area contributed by atoms with Crippen molar-refractivity contribution in [3.63, 3.8) is 0 Å². The average molecular weight is 373 g/mol. The number of rotatable bonds is 14. The van der Waals surface area contributed by atoms with Gasteiger partial charge in [0, 0.05) is 11.6 Å². The van der Waals surface area contributed by atoms with E-state index in [1.807, 2.05) is 6.08 Å². The van der Waals surface area contributed by atoms with Crippen LogP contribution in [0, 0.1) is 0 Å². The van der Waals surface area contributed by atoms with Gasteiger partial charge < -0.3 is 9.84 Å². The summed E-state index contributed by atoms with van der Waals surface area (Å²) in [6.07, 6.45) is 20.1. The van der Waals surface area contributed by atoms with Crippen molar-refractivity contribution in [3.05, 3.63) is 60.1 Å². The molecular formula is C23H32O4. The van der Waals surface area contributed by atoms with Gasteiger partial charge in [0.05, 0.1) is 6.61 Å². The fourth-order valence-corrected chi connectivity index (χ4v) is 2.83. The summed E-state index contributed by atoms with van der Waals surface area (Å²) >= 11 is 0. The van der Waals surface area contributed by atoms with Crippen molar-refractivity contribution in [2.45, 2.75) is 64.7 Å². The second kappa shape index (κ2) is 13.8. The predicted molar refractivity (Wildman–Crippen MR) is 109 cm³/mol. The highest BCUT2D eigenvalue weighted by Crippen LogP contribution is 2.23. The van der Waals surface area contributed by atoms with Crippen molar-refractivity contribution >= 4 is 11.6 Å². The van der Waals surface area contributed by atoms with Crippen molar-refractivity contribution in [2.75, 3.05) is 6.61 Å². The molecule has 148 valence electrons. The second-order valence-corrected chi connectivity index (χ2v) is 6.47. The molecule has 0 saturated heterocycles. The lowest BCUT2D eigenvalue weighted by Crippen LogP contribution is -2.21. The van der Waals surface area contributed by atoms with Gasteiger partial charge in [0.2, 0.25) is 11.6 Å². The van der Waals surface area contributed by atoms with Crippen LogP contribution >= 0.6 is 0 Å². The molecule has 1 N–H and O–H groups in total. The largest absolute Gasteiger partial charge is 0.504 e. The topological polar surface area (TPSA) is 63.6 Å². The lowest BCUT2D eigenvalue weighted by molar-refractivity contribution is -0.120. The van der Waals surface area contributed by atoms with E-state index in [4.69, 9.17) is 4.74 Å². The molecule has 0 bridgehead atoms. The van der Waals surface area contributed by atoms with Crippen molar-refractivity contribution in [1.29, 1.82) is 0 Å². The smallest absolute Gasteiger partial charge is 0.227 e. The van der Waals surface area contributed by atoms with E-state index in [9.17, 15) is 14.7 Å². The summed E-state index contributed by atoms with van der Waals surface area (Å²) in [6, 6.07) is 0. The Labute approximate surface area is 163 Å². The maximum absolute atomic E-state index is 12.2. The summed E-state index contributed by atoms with van der Waals surface area (Å²) in [7, 11) is 0. The van der Waals surface area contributed by atoms with Crippen LogP contribution in [0.15, 0.2) is 60.1 Å². The van der Waals surface area contributed by atoms with Crippen LogP contribution in [0.25, 0.3) is 0 Å². The molecule has 0 atom stereocenters. The number of unbranched alkanes of at least 4 members (excludes halogenated alkanes) is 5. The molecule has 0 radical (unpaired) electrons. The summed E-state index contributed by atoms with van der Waals surface area (Å²) in [5.41, 5.74) is 0.193. The Morgan fingerprint density at radius 3 is 2.41 bits per heavy atom. The van der Waals surface area contributed by atoms with Crippen molar-refractivity contribution < 1.29 is 19.4 Å². The third-order valence-electron chi connectivity index (χ3n) is 4.28. The molecule has 0 amide bonds. The predicted octanol–water partition coefficient (Wildman–Crippen LogP) is 5.68. The Balaban J connectivity index is 2.18. The Morgan fingerprint density at radius 1 is 1.00 bits per heavy atom. The number of Topliss-reactive ketones (excluding diaryl/α,β-unsaturated/α-hetero) is 1. The number of allylic oxidation sites excluding steroid dienone is 7. The molecule has 0 saturated carbocycles. The summed E-state index contributed by atoms with van der Waals surface area (Å²) in [5.74, 6) is -1.28. The molecule has 0 heterocycles. The third-order valence-corrected chi connectivity index (χ3v) is 4.28. The molecule has 0 aromatic heterocycles. The summed E-state index contributed by atoms with van der Waals surface area (Å²) in [4.78, 5) is 24.0. The highest BCUT2D eigenvalue weighted by molar-refractivity contribution is 6.20. The van der Waals surface area contributed by atoms with E-state index in [1.54, 1.807) is 6.92 Å². The number of carbonyl (C=O) groups is 2. The second-order valence-electron chi connectivity index (χ2n) is 6.47. The summed E-state index contributed by atoms with van der Waals surface area (Å²) < 4.78 is 5.19. The fourth-order valence-electron chi connectivity index (χ4n) is 2.83. The van der Waals surface area contributed by atoms with Crippen LogP contribution < -0.4 is 0 Å². The standard InChI is InChI=1S/C23H32O4/c1-3-5-6-7-8-9-10-11-12-13-14-15-16-17-19-22(25)20(24)18-21(23(19)26)27-4-2/h3,6-7,9-10,18,25H,1,4-5,8,11-17H2,2H3/b7-6-,10-9-. The molecule has 4 heteroatoms. The van der Waals surface area contributed by atoms with Gasteiger partial charge in [-0.25, -0.2) is 0 Å². The van der Waals surface area contributed by atoms with Crippen LogP contribution in [-0.4, -0.2) is 23.3 Å². The van der Waals surface area contributed by atoms with Crippen LogP contribution in [0.4, 0.5) is 0 Å². The molecule has 0 spiro atoms. The number of hydrogen-bond acceptors (Lipinski definition) is 4. The monoisotopic (exact) mass is 372 g/mol. The minimum Gasteiger partial charge on any atom is -0.504 e. The first kappa shape index (κ1) is 22.7. The van der Waals surface area contributed by atoms with E-state index in [0.29, 0.717) is 13.0 Å². The van der Waals surface area contributed by atoms with E-state index in [-0.39, 0.29) is 17.1 Å². The molecule has 1 aliphatic rings. The minimum atomic E-state index is -0.542. The molecule has 0 fully saturated rings. The molecular weight excluding hydrogens is 340 g/mol. The minimum absolute atomic E-state index is 0.0430. The maximum Gasteiger partial charge on any atom is 0.227 e. The van der Waals surface area contributed by atoms with Crippen LogP contribution in [-0.2, 0) is 14.3 Å². The highest BCUT2D eigenvalue weighted by atomic mass is 16.5. The number of aliphatic hydroxyl groups is 1. The first-order valence-electron chi connectivity index (χ1n) is 9.88. The zero-order chi connectivity index (χ0) is 19.9. The Bertz CT molecular complexity index is 620. The molecule has 1 aliphatic carbocycles. The summed E-state index contributed by atoms with van der Waals surface area (Å²) in [5, 5.41) is 9.88. The quantitative estimate of drug-likeness (QED) is 0.242. The van der Waals surface area contributed by atoms with Crippen molar-refractivity contribution in [2.24, 2.45) is 0 Å². The van der Waals surface area contributed by atoms with Crippen molar-refractivity contribution in [3.8, 4) is 0 Å². The van der Waals surface area contributed by atoms with Crippen LogP contribution in [0.2, 0.25) is 0 Å². The van der Waals surface area contributed by atoms with Crippen LogP contribution in [0.5, 0.6) is 0 Å². The van der Waals surface area contributed by atoms with Crippen LogP contribution in [0.3, 0.4) is 0 Å². The van der Waals surface area contributed by atoms with Gasteiger partial charge in [-0.2, -0.15) is 0 Å². The molecule has 27 heavy (non-hydrogen) atoms. The van der Waals surface area contributed by atoms with Gasteiger partial charge in [-0.3, -0.25) is 9.59 Å². The number of ketones is 2. The summed E-state index contributed by atoms with van der Waals surface area (Å²) in [6.45, 7) is 5.75. The van der Waals surface area contributed by atoms with E-state index in [1.165, 1.54) is 0 Å². The van der Waals surface area contributed by atoms with Gasteiger partial charge in [-0.05, 0) is 45.4 Å². The van der Waals surface area contributed by atoms with E-state index >= 15 is 0 Å². The lowest BCUT2D eigenvalue weighted by Gasteiger charge is -2.15. The Kier molecular flexibility index (Phi) is 11.6. The van der Waals surface area contributed by atoms with Gasteiger partial charge >= 0.3 is 0 Å². The number of carbonyl (C=O) groups excluding carboxylic acids is 2. The number of hydrogen-bond donors (Lipinski definition) is 1. The van der Waals surface area contributed by atoms with Gasteiger partial charge in [0.1, 0.15) is 0 Å². The molecule has 0 unspecified atom stereocenters. The first-order valence-corrected chi connectivity index (χ1v) is 9.88. The SMILES string of the molecule is C=CC/C=C\C/C=C\CCCCCCCC1=C(O)C(=O)C=C(OCC)C1=O. The highest BCUT2D eigenvalue weighted by Gasteiger charge is 2.28. The molecule has 1 rings (SSSR count). The zero-order valence-corrected chi connectivity index (χ0v) is 16.4. The lowest BCUT2D eigenvalue weighted by atomic mass is 9.94. The number of ether oxygens (including phenoxy) is 1. The fraction of sp³-hybridized carbons (Fsp3) is 0.478. The average Bonchev–Trinajstić information content (AvgIpc) is 2.66. The van der Waals surface area contributed by atoms with Gasteiger partial charge in [-0.1, -0.05) is 49.6 Å². The molecule has 0 aromatic rings. The number of aliphatic hydroxyl groups excluding tert-OH is 1. The Hall–Kier alpha value is -2.36.